The molecule has 0 saturated carbocycles. The van der Waals surface area contributed by atoms with Crippen LogP contribution in [-0.2, 0) is 4.79 Å². The van der Waals surface area contributed by atoms with Crippen molar-refractivity contribution in [3.8, 4) is 0 Å². The minimum absolute atomic E-state index is 0.0350. The van der Waals surface area contributed by atoms with Crippen LogP contribution in [0.5, 0.6) is 0 Å². The van der Waals surface area contributed by atoms with Crippen molar-refractivity contribution in [2.45, 2.75) is 12.8 Å². The number of hydrogen-bond donors (Lipinski definition) is 3. The molecule has 1 saturated heterocycles. The lowest BCUT2D eigenvalue weighted by Gasteiger charge is -2.10. The molecule has 15 heavy (non-hydrogen) atoms. The van der Waals surface area contributed by atoms with Gasteiger partial charge in [-0.1, -0.05) is 0 Å². The van der Waals surface area contributed by atoms with Crippen molar-refractivity contribution in [3.05, 3.63) is 0 Å². The van der Waals surface area contributed by atoms with Crippen molar-refractivity contribution in [3.63, 3.8) is 0 Å². The number of nitrogens with one attached hydrogen (secondary N) is 2. The minimum atomic E-state index is -0.900. The van der Waals surface area contributed by atoms with E-state index in [0.29, 0.717) is 12.5 Å². The predicted molar refractivity (Wildman–Crippen MR) is 59.1 cm³/mol. The molecule has 1 aliphatic rings. The van der Waals surface area contributed by atoms with Crippen molar-refractivity contribution >= 4 is 23.8 Å². The summed E-state index contributed by atoms with van der Waals surface area (Å²) in [6.45, 7) is 0.868. The molecule has 0 aromatic heterocycles. The number of amides is 2. The first-order valence-electron chi connectivity index (χ1n) is 4.99. The van der Waals surface area contributed by atoms with E-state index in [-0.39, 0.29) is 19.0 Å². The van der Waals surface area contributed by atoms with Gasteiger partial charge < -0.3 is 15.7 Å². The molecule has 5 nitrogen and oxygen atoms in total. The largest absolute Gasteiger partial charge is 0.481 e. The van der Waals surface area contributed by atoms with E-state index in [1.807, 2.05) is 11.8 Å². The second kappa shape index (κ2) is 6.55. The molecular formula is C9H16N2O3S. The molecule has 86 valence electrons. The third-order valence-electron chi connectivity index (χ3n) is 2.20. The van der Waals surface area contributed by atoms with Gasteiger partial charge in [0.1, 0.15) is 0 Å². The molecule has 0 aliphatic carbocycles. The zero-order valence-electron chi connectivity index (χ0n) is 8.49. The van der Waals surface area contributed by atoms with Crippen molar-refractivity contribution in [2.75, 3.05) is 24.6 Å². The molecule has 1 unspecified atom stereocenters. The Hall–Kier alpha value is -0.910. The first-order chi connectivity index (χ1) is 7.18. The lowest BCUT2D eigenvalue weighted by Crippen LogP contribution is -2.39. The normalized spacial score (nSPS) is 19.9. The van der Waals surface area contributed by atoms with Gasteiger partial charge in [0.2, 0.25) is 0 Å². The Labute approximate surface area is 93.0 Å². The fraction of sp³-hybridized carbons (Fsp3) is 0.778. The van der Waals surface area contributed by atoms with Crippen LogP contribution >= 0.6 is 11.8 Å². The predicted octanol–water partition coefficient (Wildman–Crippen LogP) is 0.513. The molecule has 3 N–H and O–H groups in total. The van der Waals surface area contributed by atoms with E-state index in [4.69, 9.17) is 5.11 Å². The van der Waals surface area contributed by atoms with Gasteiger partial charge in [0, 0.05) is 13.1 Å². The highest BCUT2D eigenvalue weighted by atomic mass is 32.2. The summed E-state index contributed by atoms with van der Waals surface area (Å²) < 4.78 is 0. The Bertz CT molecular complexity index is 229. The number of thioether (sulfide) groups is 1. The molecule has 0 radical (unpaired) electrons. The smallest absolute Gasteiger partial charge is 0.314 e. The first kappa shape index (κ1) is 12.2. The van der Waals surface area contributed by atoms with E-state index < -0.39 is 5.97 Å². The molecule has 1 heterocycles. The molecule has 0 bridgehead atoms. The average Bonchev–Trinajstić information content (AvgIpc) is 2.66. The highest BCUT2D eigenvalue weighted by Gasteiger charge is 2.15. The molecule has 6 heteroatoms. The average molecular weight is 232 g/mol. The van der Waals surface area contributed by atoms with Gasteiger partial charge in [0.25, 0.3) is 0 Å². The van der Waals surface area contributed by atoms with Gasteiger partial charge in [-0.15, -0.1) is 0 Å². The SMILES string of the molecule is O=C(O)CCNC(=O)NCC1CCSC1. The topological polar surface area (TPSA) is 78.4 Å². The van der Waals surface area contributed by atoms with Crippen molar-refractivity contribution in [1.82, 2.24) is 10.6 Å². The molecule has 0 spiro atoms. The van der Waals surface area contributed by atoms with Crippen LogP contribution in [0.4, 0.5) is 4.79 Å². The summed E-state index contributed by atoms with van der Waals surface area (Å²) in [4.78, 5) is 21.3. The number of rotatable bonds is 5. The van der Waals surface area contributed by atoms with E-state index >= 15 is 0 Å². The van der Waals surface area contributed by atoms with E-state index in [1.54, 1.807) is 0 Å². The number of aliphatic carboxylic acids is 1. The summed E-state index contributed by atoms with van der Waals surface area (Å²) in [7, 11) is 0. The zero-order chi connectivity index (χ0) is 11.1. The van der Waals surface area contributed by atoms with Gasteiger partial charge in [-0.05, 0) is 23.8 Å². The molecule has 0 aromatic carbocycles. The maximum atomic E-state index is 11.2. The number of carboxylic acid groups (broad SMARTS) is 1. The van der Waals surface area contributed by atoms with E-state index in [2.05, 4.69) is 10.6 Å². The van der Waals surface area contributed by atoms with Gasteiger partial charge in [0.05, 0.1) is 6.42 Å². The second-order valence-corrected chi connectivity index (χ2v) is 4.66. The standard InChI is InChI=1S/C9H16N2O3S/c12-8(13)1-3-10-9(14)11-5-7-2-4-15-6-7/h7H,1-6H2,(H,12,13)(H2,10,11,14). The summed E-state index contributed by atoms with van der Waals surface area (Å²) in [5, 5.41) is 13.6. The zero-order valence-corrected chi connectivity index (χ0v) is 9.31. The summed E-state index contributed by atoms with van der Waals surface area (Å²) in [6.07, 6.45) is 1.12. The molecule has 0 aromatic rings. The summed E-state index contributed by atoms with van der Waals surface area (Å²) in [5.74, 6) is 1.95. The number of carbonyl (C=O) groups excluding carboxylic acids is 1. The van der Waals surface area contributed by atoms with Crippen LogP contribution in [0, 0.1) is 5.92 Å². The molecule has 2 amide bonds. The Morgan fingerprint density at radius 2 is 2.20 bits per heavy atom. The van der Waals surface area contributed by atoms with Crippen molar-refractivity contribution in [1.29, 1.82) is 0 Å². The van der Waals surface area contributed by atoms with Crippen molar-refractivity contribution in [2.24, 2.45) is 5.92 Å². The van der Waals surface area contributed by atoms with E-state index in [0.717, 1.165) is 12.2 Å². The van der Waals surface area contributed by atoms with Crippen LogP contribution in [0.25, 0.3) is 0 Å². The van der Waals surface area contributed by atoms with E-state index in [1.165, 1.54) is 5.75 Å². The Balaban J connectivity index is 2.00. The fourth-order valence-corrected chi connectivity index (χ4v) is 2.61. The highest BCUT2D eigenvalue weighted by molar-refractivity contribution is 7.99. The lowest BCUT2D eigenvalue weighted by molar-refractivity contribution is -0.136. The molecule has 1 aliphatic heterocycles. The van der Waals surface area contributed by atoms with Gasteiger partial charge >= 0.3 is 12.0 Å². The molecule has 1 rings (SSSR count). The molecular weight excluding hydrogens is 216 g/mol. The van der Waals surface area contributed by atoms with Gasteiger partial charge in [0.15, 0.2) is 0 Å². The van der Waals surface area contributed by atoms with Gasteiger partial charge in [-0.3, -0.25) is 4.79 Å². The lowest BCUT2D eigenvalue weighted by atomic mass is 10.1. The second-order valence-electron chi connectivity index (χ2n) is 3.51. The van der Waals surface area contributed by atoms with E-state index in [9.17, 15) is 9.59 Å². The van der Waals surface area contributed by atoms with Crippen LogP contribution in [-0.4, -0.2) is 41.7 Å². The summed E-state index contributed by atoms with van der Waals surface area (Å²) >= 11 is 1.91. The van der Waals surface area contributed by atoms with Gasteiger partial charge in [-0.25, -0.2) is 4.79 Å². The number of hydrogen-bond acceptors (Lipinski definition) is 3. The maximum absolute atomic E-state index is 11.2. The maximum Gasteiger partial charge on any atom is 0.314 e. The Morgan fingerprint density at radius 1 is 1.40 bits per heavy atom. The number of urea groups is 1. The fourth-order valence-electron chi connectivity index (χ4n) is 1.33. The minimum Gasteiger partial charge on any atom is -0.481 e. The van der Waals surface area contributed by atoms with Crippen molar-refractivity contribution < 1.29 is 14.7 Å². The quantitative estimate of drug-likeness (QED) is 0.645. The monoisotopic (exact) mass is 232 g/mol. The molecule has 1 fully saturated rings. The van der Waals surface area contributed by atoms with Gasteiger partial charge in [-0.2, -0.15) is 11.8 Å². The Kier molecular flexibility index (Phi) is 5.31. The third kappa shape index (κ3) is 5.51. The van der Waals surface area contributed by atoms with Crippen LogP contribution in [0.2, 0.25) is 0 Å². The van der Waals surface area contributed by atoms with Crippen LogP contribution < -0.4 is 10.6 Å². The van der Waals surface area contributed by atoms with Crippen LogP contribution in [0.1, 0.15) is 12.8 Å². The summed E-state index contributed by atoms with van der Waals surface area (Å²) in [5.41, 5.74) is 0. The number of carbonyl (C=O) groups is 2. The third-order valence-corrected chi connectivity index (χ3v) is 3.43. The first-order valence-corrected chi connectivity index (χ1v) is 6.15. The molecule has 1 atom stereocenters. The van der Waals surface area contributed by atoms with Crippen LogP contribution in [0.3, 0.4) is 0 Å². The summed E-state index contributed by atoms with van der Waals surface area (Å²) in [6, 6.07) is -0.270. The van der Waals surface area contributed by atoms with Crippen LogP contribution in [0.15, 0.2) is 0 Å². The number of carboxylic acids is 1. The Morgan fingerprint density at radius 3 is 2.80 bits per heavy atom. The highest BCUT2D eigenvalue weighted by Crippen LogP contribution is 2.22.